The Morgan fingerprint density at radius 2 is 1.82 bits per heavy atom. The second-order valence-electron chi connectivity index (χ2n) is 10.9. The molecule has 2 saturated carbocycles. The number of carbonyl (C=O) groups excluding carboxylic acids is 1. The second-order valence-corrected chi connectivity index (χ2v) is 14.2. The number of anilines is 2. The molecule has 3 fully saturated rings. The lowest BCUT2D eigenvalue weighted by Crippen LogP contribution is -2.40. The van der Waals surface area contributed by atoms with E-state index in [1.165, 1.54) is 0 Å². The van der Waals surface area contributed by atoms with E-state index in [1.54, 1.807) is 0 Å². The molecule has 1 aromatic heterocycles. The van der Waals surface area contributed by atoms with Crippen LogP contribution in [0.2, 0.25) is 0 Å². The largest absolute Gasteiger partial charge is 0.405 e. The van der Waals surface area contributed by atoms with Crippen molar-refractivity contribution in [1.82, 2.24) is 4.98 Å². The molecule has 3 aliphatic rings. The summed E-state index contributed by atoms with van der Waals surface area (Å²) in [5.41, 5.74) is 1.77. The molecule has 1 aromatic carbocycles. The number of ketones is 1. The van der Waals surface area contributed by atoms with Crippen molar-refractivity contribution >= 4 is 37.8 Å². The molecule has 2 aliphatic carbocycles. The van der Waals surface area contributed by atoms with E-state index in [2.05, 4.69) is 16.4 Å². The van der Waals surface area contributed by atoms with Gasteiger partial charge in [-0.2, -0.15) is 18.4 Å². The van der Waals surface area contributed by atoms with Gasteiger partial charge in [0.15, 0.2) is 15.0 Å². The topological polar surface area (TPSA) is 103 Å². The van der Waals surface area contributed by atoms with Gasteiger partial charge >= 0.3 is 6.18 Å². The Labute approximate surface area is 230 Å². The normalized spacial score (nSPS) is 24.1. The summed E-state index contributed by atoms with van der Waals surface area (Å²) in [4.78, 5) is 20.7. The van der Waals surface area contributed by atoms with Crippen molar-refractivity contribution in [2.24, 2.45) is 11.3 Å². The van der Waals surface area contributed by atoms with E-state index in [0.29, 0.717) is 31.6 Å². The van der Waals surface area contributed by atoms with Crippen molar-refractivity contribution in [3.8, 4) is 16.5 Å². The third-order valence-corrected chi connectivity index (χ3v) is 10.8. The number of alkyl halides is 3. The summed E-state index contributed by atoms with van der Waals surface area (Å²) in [5, 5.41) is 12.1. The first-order valence-electron chi connectivity index (χ1n) is 13.3. The fourth-order valence-corrected chi connectivity index (χ4v) is 7.86. The number of aromatic nitrogens is 1. The molecule has 5 rings (SSSR count). The lowest BCUT2D eigenvalue weighted by Gasteiger charge is -2.31. The Hall–Kier alpha value is -2.65. The van der Waals surface area contributed by atoms with Crippen molar-refractivity contribution < 1.29 is 26.4 Å². The Morgan fingerprint density at radius 3 is 2.44 bits per heavy atom. The molecule has 1 aliphatic heterocycles. The van der Waals surface area contributed by atoms with Crippen LogP contribution in [0.4, 0.5) is 24.0 Å². The number of thiazole rings is 1. The van der Waals surface area contributed by atoms with Crippen LogP contribution in [0.3, 0.4) is 0 Å². The number of nitrogens with zero attached hydrogens (tertiary/aromatic N) is 3. The molecule has 2 heterocycles. The van der Waals surface area contributed by atoms with E-state index in [4.69, 9.17) is 0 Å². The molecule has 0 bridgehead atoms. The van der Waals surface area contributed by atoms with Crippen LogP contribution >= 0.6 is 11.3 Å². The van der Waals surface area contributed by atoms with Crippen molar-refractivity contribution in [1.29, 1.82) is 5.26 Å². The van der Waals surface area contributed by atoms with E-state index in [9.17, 15) is 31.6 Å². The number of hydrogen-bond acceptors (Lipinski definition) is 8. The quantitative estimate of drug-likeness (QED) is 0.436. The summed E-state index contributed by atoms with van der Waals surface area (Å²) in [6.07, 6.45) is 0.487. The molecule has 0 radical (unpaired) electrons. The molecule has 39 heavy (non-hydrogen) atoms. The number of halogens is 3. The van der Waals surface area contributed by atoms with Crippen LogP contribution in [0, 0.1) is 22.7 Å². The van der Waals surface area contributed by atoms with Gasteiger partial charge in [0, 0.05) is 37.0 Å². The molecule has 0 unspecified atom stereocenters. The summed E-state index contributed by atoms with van der Waals surface area (Å²) in [5.74, 6) is -0.271. The fraction of sp³-hybridized carbons (Fsp3) is 0.593. The summed E-state index contributed by atoms with van der Waals surface area (Å²) in [7, 11) is -3.01. The number of sulfone groups is 1. The first kappa shape index (κ1) is 27.9. The molecular formula is C27H31F3N4O3S2. The number of benzene rings is 1. The van der Waals surface area contributed by atoms with Gasteiger partial charge in [-0.25, -0.2) is 13.4 Å². The summed E-state index contributed by atoms with van der Waals surface area (Å²) in [6.45, 7) is -0.377. The third kappa shape index (κ3) is 6.57. The zero-order valence-electron chi connectivity index (χ0n) is 21.5. The Bertz CT molecular complexity index is 1350. The van der Waals surface area contributed by atoms with Crippen LogP contribution in [0.1, 0.15) is 56.6 Å². The van der Waals surface area contributed by atoms with Crippen LogP contribution < -0.4 is 10.2 Å². The van der Waals surface area contributed by atoms with Gasteiger partial charge in [0.1, 0.15) is 12.3 Å². The molecule has 7 nitrogen and oxygen atoms in total. The predicted molar refractivity (Wildman–Crippen MR) is 145 cm³/mol. The summed E-state index contributed by atoms with van der Waals surface area (Å²) >= 11 is 1.15. The highest BCUT2D eigenvalue weighted by Crippen LogP contribution is 2.51. The fourth-order valence-electron chi connectivity index (χ4n) is 5.62. The average molecular weight is 581 g/mol. The second kappa shape index (κ2) is 10.7. The van der Waals surface area contributed by atoms with Crippen LogP contribution in [-0.4, -0.2) is 56.5 Å². The smallest absolute Gasteiger partial charge is 0.369 e. The first-order chi connectivity index (χ1) is 18.5. The Balaban J connectivity index is 1.43. The maximum Gasteiger partial charge on any atom is 0.405 e. The van der Waals surface area contributed by atoms with E-state index in [1.807, 2.05) is 29.2 Å². The van der Waals surface area contributed by atoms with E-state index in [0.717, 1.165) is 53.1 Å². The lowest BCUT2D eigenvalue weighted by molar-refractivity contribution is -0.125. The standard InChI is InChI=1S/C27H31F3N4O3S2/c28-27(29,30)17-32-25-33-23(21-4-2-1-3-20(21)22(35)15-26(16-31)9-10-26)24(38-25)18-5-7-19(8-6-18)34-11-13-39(36,37)14-12-34/h5-8,20-21H,1-4,9-15,17H2,(H,32,33)/t20-,21-/m1/s1. The zero-order chi connectivity index (χ0) is 27.8. The van der Waals surface area contributed by atoms with Crippen LogP contribution in [-0.2, 0) is 14.6 Å². The molecule has 2 aromatic rings. The first-order valence-corrected chi connectivity index (χ1v) is 15.9. The molecular weight excluding hydrogens is 549 g/mol. The summed E-state index contributed by atoms with van der Waals surface area (Å²) < 4.78 is 62.5. The third-order valence-electron chi connectivity index (χ3n) is 8.07. The zero-order valence-corrected chi connectivity index (χ0v) is 23.1. The maximum atomic E-state index is 13.4. The minimum atomic E-state index is -4.39. The predicted octanol–water partition coefficient (Wildman–Crippen LogP) is 5.56. The van der Waals surface area contributed by atoms with Crippen LogP contribution in [0.5, 0.6) is 0 Å². The van der Waals surface area contributed by atoms with Crippen LogP contribution in [0.15, 0.2) is 24.3 Å². The van der Waals surface area contributed by atoms with Gasteiger partial charge in [-0.3, -0.25) is 4.79 Å². The van der Waals surface area contributed by atoms with Crippen molar-refractivity contribution in [2.45, 2.75) is 57.0 Å². The number of Topliss-reactive ketones (excluding diaryl/α,β-unsaturated/α-hetero) is 1. The molecule has 1 saturated heterocycles. The number of nitriles is 1. The van der Waals surface area contributed by atoms with E-state index >= 15 is 0 Å². The number of hydrogen-bond donors (Lipinski definition) is 1. The lowest BCUT2D eigenvalue weighted by atomic mass is 9.73. The maximum absolute atomic E-state index is 13.4. The number of rotatable bonds is 8. The number of nitrogens with one attached hydrogen (secondary N) is 1. The highest BCUT2D eigenvalue weighted by atomic mass is 32.2. The van der Waals surface area contributed by atoms with Crippen molar-refractivity contribution in [3.63, 3.8) is 0 Å². The average Bonchev–Trinajstić information content (AvgIpc) is 3.55. The van der Waals surface area contributed by atoms with Crippen molar-refractivity contribution in [3.05, 3.63) is 30.0 Å². The van der Waals surface area contributed by atoms with Gasteiger partial charge in [0.2, 0.25) is 0 Å². The van der Waals surface area contributed by atoms with Gasteiger partial charge in [0.25, 0.3) is 0 Å². The highest BCUT2D eigenvalue weighted by molar-refractivity contribution is 7.91. The minimum Gasteiger partial charge on any atom is -0.369 e. The molecule has 0 amide bonds. The van der Waals surface area contributed by atoms with Gasteiger partial charge < -0.3 is 10.2 Å². The number of carbonyl (C=O) groups is 1. The van der Waals surface area contributed by atoms with Gasteiger partial charge in [-0.05, 0) is 43.4 Å². The SMILES string of the molecule is N#CC1(CC(=O)[C@@H]2CCCC[C@H]2c2nc(NCC(F)(F)F)sc2-c2ccc(N3CCS(=O)(=O)CC3)cc2)CC1. The Kier molecular flexibility index (Phi) is 7.68. The van der Waals surface area contributed by atoms with Gasteiger partial charge in [0.05, 0.1) is 33.6 Å². The monoisotopic (exact) mass is 580 g/mol. The molecule has 0 spiro atoms. The van der Waals surface area contributed by atoms with Crippen LogP contribution in [0.25, 0.3) is 10.4 Å². The van der Waals surface area contributed by atoms with Gasteiger partial charge in [-0.15, -0.1) is 0 Å². The van der Waals surface area contributed by atoms with E-state index < -0.39 is 28.0 Å². The molecule has 1 N–H and O–H groups in total. The molecule has 12 heteroatoms. The molecule has 2 atom stereocenters. The van der Waals surface area contributed by atoms with Gasteiger partial charge in [-0.1, -0.05) is 36.3 Å². The Morgan fingerprint density at radius 1 is 1.15 bits per heavy atom. The van der Waals surface area contributed by atoms with E-state index in [-0.39, 0.29) is 40.7 Å². The van der Waals surface area contributed by atoms with Crippen molar-refractivity contribution in [2.75, 3.05) is 41.4 Å². The molecule has 210 valence electrons. The highest BCUT2D eigenvalue weighted by Gasteiger charge is 2.47. The summed E-state index contributed by atoms with van der Waals surface area (Å²) in [6, 6.07) is 9.86. The minimum absolute atomic E-state index is 0.0536.